The van der Waals surface area contributed by atoms with E-state index in [4.69, 9.17) is 9.47 Å². The highest BCUT2D eigenvalue weighted by atomic mass is 16.5. The topological polar surface area (TPSA) is 88.5 Å². The van der Waals surface area contributed by atoms with Crippen LogP contribution in [-0.2, 0) is 0 Å². The molecule has 28 heavy (non-hydrogen) atoms. The fourth-order valence-corrected chi connectivity index (χ4v) is 2.63. The first-order valence-electron chi connectivity index (χ1n) is 8.93. The van der Waals surface area contributed by atoms with Gasteiger partial charge in [-0.3, -0.25) is 0 Å². The Bertz CT molecular complexity index is 897. The van der Waals surface area contributed by atoms with E-state index >= 15 is 0 Å². The monoisotopic (exact) mass is 380 g/mol. The van der Waals surface area contributed by atoms with E-state index in [1.54, 1.807) is 20.3 Å². The largest absolute Gasteiger partial charge is 0.497 e. The first-order chi connectivity index (χ1) is 13.6. The van der Waals surface area contributed by atoms with Crippen LogP contribution in [0.25, 0.3) is 11.3 Å². The summed E-state index contributed by atoms with van der Waals surface area (Å²) in [6, 6.07) is 17.1. The van der Waals surface area contributed by atoms with E-state index in [0.717, 1.165) is 16.9 Å². The van der Waals surface area contributed by atoms with Crippen molar-refractivity contribution in [1.82, 2.24) is 9.97 Å². The Morgan fingerprint density at radius 3 is 2.25 bits per heavy atom. The van der Waals surface area contributed by atoms with Crippen LogP contribution in [0.1, 0.15) is 6.92 Å². The molecule has 0 saturated carbocycles. The van der Waals surface area contributed by atoms with Crippen LogP contribution in [0.2, 0.25) is 0 Å². The van der Waals surface area contributed by atoms with Crippen molar-refractivity contribution in [1.29, 1.82) is 0 Å². The Morgan fingerprint density at radius 1 is 0.964 bits per heavy atom. The molecule has 2 aromatic carbocycles. The molecule has 3 rings (SSSR count). The number of methoxy groups -OCH3 is 2. The number of rotatable bonds is 8. The summed E-state index contributed by atoms with van der Waals surface area (Å²) in [7, 11) is 3.21. The first-order valence-corrected chi connectivity index (χ1v) is 8.93. The van der Waals surface area contributed by atoms with E-state index in [9.17, 15) is 5.11 Å². The van der Waals surface area contributed by atoms with E-state index in [-0.39, 0.29) is 12.6 Å². The Balaban J connectivity index is 1.98. The Morgan fingerprint density at radius 2 is 1.64 bits per heavy atom. The van der Waals surface area contributed by atoms with Gasteiger partial charge in [0.05, 0.1) is 26.5 Å². The van der Waals surface area contributed by atoms with E-state index in [2.05, 4.69) is 20.6 Å². The summed E-state index contributed by atoms with van der Waals surface area (Å²) in [6.07, 6.45) is 0. The Hall–Kier alpha value is -3.32. The number of hydrogen-bond donors (Lipinski definition) is 3. The number of nitrogens with one attached hydrogen (secondary N) is 2. The lowest BCUT2D eigenvalue weighted by Gasteiger charge is -2.15. The maximum Gasteiger partial charge on any atom is 0.225 e. The van der Waals surface area contributed by atoms with Crippen molar-refractivity contribution in [3.63, 3.8) is 0 Å². The maximum absolute atomic E-state index is 9.34. The molecule has 0 bridgehead atoms. The third kappa shape index (κ3) is 4.89. The Kier molecular flexibility index (Phi) is 6.29. The van der Waals surface area contributed by atoms with Gasteiger partial charge in [0, 0.05) is 41.6 Å². The van der Waals surface area contributed by atoms with E-state index < -0.39 is 0 Å². The summed E-state index contributed by atoms with van der Waals surface area (Å²) in [4.78, 5) is 9.10. The lowest BCUT2D eigenvalue weighted by atomic mass is 10.1. The number of nitrogens with zero attached hydrogens (tertiary/aromatic N) is 2. The van der Waals surface area contributed by atoms with Crippen LogP contribution < -0.4 is 20.1 Å². The summed E-state index contributed by atoms with van der Waals surface area (Å²) in [6.45, 7) is 1.84. The highest BCUT2D eigenvalue weighted by Gasteiger charge is 2.10. The minimum absolute atomic E-state index is 0.0191. The lowest BCUT2D eigenvalue weighted by Crippen LogP contribution is -2.21. The molecule has 7 heteroatoms. The predicted molar refractivity (Wildman–Crippen MR) is 110 cm³/mol. The summed E-state index contributed by atoms with van der Waals surface area (Å²) in [5.74, 6) is 2.38. The minimum Gasteiger partial charge on any atom is -0.497 e. The van der Waals surface area contributed by atoms with Crippen LogP contribution in [0.15, 0.2) is 54.6 Å². The third-order valence-electron chi connectivity index (χ3n) is 4.07. The summed E-state index contributed by atoms with van der Waals surface area (Å²) >= 11 is 0. The second-order valence-electron chi connectivity index (χ2n) is 6.28. The molecule has 3 aromatic rings. The normalized spacial score (nSPS) is 11.6. The first kappa shape index (κ1) is 19.4. The molecule has 1 atom stereocenters. The van der Waals surface area contributed by atoms with Crippen molar-refractivity contribution in [3.8, 4) is 22.8 Å². The van der Waals surface area contributed by atoms with Crippen molar-refractivity contribution < 1.29 is 14.6 Å². The van der Waals surface area contributed by atoms with Crippen molar-refractivity contribution >= 4 is 17.5 Å². The third-order valence-corrected chi connectivity index (χ3v) is 4.07. The van der Waals surface area contributed by atoms with Crippen molar-refractivity contribution in [3.05, 3.63) is 54.6 Å². The number of aliphatic hydroxyl groups excluding tert-OH is 1. The van der Waals surface area contributed by atoms with Gasteiger partial charge in [0.1, 0.15) is 17.3 Å². The van der Waals surface area contributed by atoms with Crippen LogP contribution in [-0.4, -0.2) is 41.9 Å². The fourth-order valence-electron chi connectivity index (χ4n) is 2.63. The minimum atomic E-state index is -0.171. The second kappa shape index (κ2) is 9.05. The van der Waals surface area contributed by atoms with E-state index in [1.165, 1.54) is 0 Å². The van der Waals surface area contributed by atoms with Gasteiger partial charge >= 0.3 is 0 Å². The van der Waals surface area contributed by atoms with Crippen LogP contribution in [0.4, 0.5) is 17.5 Å². The molecule has 146 valence electrons. The molecule has 0 amide bonds. The van der Waals surface area contributed by atoms with Gasteiger partial charge in [-0.1, -0.05) is 30.3 Å². The molecule has 0 radical (unpaired) electrons. The predicted octanol–water partition coefficient (Wildman–Crippen LogP) is 3.70. The van der Waals surface area contributed by atoms with Crippen LogP contribution >= 0.6 is 0 Å². The van der Waals surface area contributed by atoms with Gasteiger partial charge in [-0.15, -0.1) is 0 Å². The number of aromatic nitrogens is 2. The molecular weight excluding hydrogens is 356 g/mol. The van der Waals surface area contributed by atoms with Crippen LogP contribution in [0.3, 0.4) is 0 Å². The second-order valence-corrected chi connectivity index (χ2v) is 6.28. The van der Waals surface area contributed by atoms with Gasteiger partial charge < -0.3 is 25.2 Å². The van der Waals surface area contributed by atoms with Gasteiger partial charge in [-0.25, -0.2) is 4.98 Å². The van der Waals surface area contributed by atoms with Gasteiger partial charge in [0.2, 0.25) is 5.95 Å². The zero-order valence-corrected chi connectivity index (χ0v) is 16.1. The van der Waals surface area contributed by atoms with Gasteiger partial charge in [-0.05, 0) is 6.92 Å². The average Bonchev–Trinajstić information content (AvgIpc) is 2.73. The summed E-state index contributed by atoms with van der Waals surface area (Å²) in [5.41, 5.74) is 2.51. The molecule has 0 spiro atoms. The molecule has 3 N–H and O–H groups in total. The highest BCUT2D eigenvalue weighted by Crippen LogP contribution is 2.29. The van der Waals surface area contributed by atoms with Gasteiger partial charge in [0.15, 0.2) is 0 Å². The van der Waals surface area contributed by atoms with Gasteiger partial charge in [0.25, 0.3) is 0 Å². The maximum atomic E-state index is 9.34. The van der Waals surface area contributed by atoms with Crippen LogP contribution in [0.5, 0.6) is 11.5 Å². The zero-order valence-electron chi connectivity index (χ0n) is 16.1. The van der Waals surface area contributed by atoms with E-state index in [1.807, 2.05) is 55.5 Å². The SMILES string of the molecule is COc1cc(Nc2cc(-c3ccccc3)nc(N[C@@H](C)CO)n2)cc(OC)c1. The average molecular weight is 380 g/mol. The lowest BCUT2D eigenvalue weighted by molar-refractivity contribution is 0.281. The number of benzene rings is 2. The fraction of sp³-hybridized carbons (Fsp3) is 0.238. The number of hydrogen-bond acceptors (Lipinski definition) is 7. The molecule has 0 aliphatic carbocycles. The highest BCUT2D eigenvalue weighted by molar-refractivity contribution is 5.68. The summed E-state index contributed by atoms with van der Waals surface area (Å²) < 4.78 is 10.7. The van der Waals surface area contributed by atoms with Crippen molar-refractivity contribution in [2.24, 2.45) is 0 Å². The number of ether oxygens (including phenoxy) is 2. The van der Waals surface area contributed by atoms with Crippen LogP contribution in [0, 0.1) is 0 Å². The number of anilines is 3. The molecule has 0 saturated heterocycles. The zero-order chi connectivity index (χ0) is 19.9. The standard InChI is InChI=1S/C21H24N4O3/c1-14(13-26)22-21-24-19(15-7-5-4-6-8-15)12-20(25-21)23-16-9-17(27-2)11-18(10-16)28-3/h4-12,14,26H,13H2,1-3H3,(H2,22,23,24,25)/t14-/m0/s1. The smallest absolute Gasteiger partial charge is 0.225 e. The molecular formula is C21H24N4O3. The van der Waals surface area contributed by atoms with Crippen molar-refractivity contribution in [2.75, 3.05) is 31.5 Å². The molecule has 1 heterocycles. The van der Waals surface area contributed by atoms with Crippen molar-refractivity contribution in [2.45, 2.75) is 13.0 Å². The molecule has 1 aromatic heterocycles. The number of aliphatic hydroxyl groups is 1. The molecule has 0 aliphatic heterocycles. The van der Waals surface area contributed by atoms with E-state index in [0.29, 0.717) is 23.3 Å². The van der Waals surface area contributed by atoms with Gasteiger partial charge in [-0.2, -0.15) is 4.98 Å². The summed E-state index contributed by atoms with van der Waals surface area (Å²) in [5, 5.41) is 15.7. The molecule has 0 fully saturated rings. The molecule has 0 aliphatic rings. The Labute approximate surface area is 164 Å². The quantitative estimate of drug-likeness (QED) is 0.549. The molecule has 0 unspecified atom stereocenters. The molecule has 7 nitrogen and oxygen atoms in total.